The Morgan fingerprint density at radius 2 is 1.20 bits per heavy atom. The molecule has 20 heavy (non-hydrogen) atoms. The average molecular weight is 298 g/mol. The van der Waals surface area contributed by atoms with Crippen LogP contribution in [0.15, 0.2) is 10.6 Å². The Balaban J connectivity index is 0. The van der Waals surface area contributed by atoms with Gasteiger partial charge in [0.15, 0.2) is 22.6 Å². The first-order valence-electron chi connectivity index (χ1n) is 4.71. The van der Waals surface area contributed by atoms with Gasteiger partial charge in [-0.15, -0.1) is 0 Å². The quantitative estimate of drug-likeness (QED) is 0.171. The van der Waals surface area contributed by atoms with Crippen molar-refractivity contribution in [2.24, 2.45) is 22.0 Å². The summed E-state index contributed by atoms with van der Waals surface area (Å²) in [4.78, 5) is 19.5. The van der Waals surface area contributed by atoms with Crippen LogP contribution in [0.4, 0.5) is 0 Å². The molecule has 0 aliphatic carbocycles. The fraction of sp³-hybridized carbons (Fsp3) is 0.667. The van der Waals surface area contributed by atoms with Gasteiger partial charge in [-0.1, -0.05) is 9.72 Å². The van der Waals surface area contributed by atoms with E-state index in [1.54, 1.807) is 0 Å². The third kappa shape index (κ3) is 10.4. The molecule has 0 fully saturated rings. The van der Waals surface area contributed by atoms with Crippen molar-refractivity contribution in [2.75, 3.05) is 13.1 Å². The molecule has 0 aliphatic rings. The molecule has 0 spiro atoms. The number of rotatable bonds is 6. The van der Waals surface area contributed by atoms with Crippen molar-refractivity contribution in [3.63, 3.8) is 0 Å². The van der Waals surface area contributed by atoms with E-state index in [9.17, 15) is 20.0 Å². The van der Waals surface area contributed by atoms with Gasteiger partial charge in [0.25, 0.3) is 0 Å². The highest BCUT2D eigenvalue weighted by Gasteiger charge is 2.17. The van der Waals surface area contributed by atoms with Crippen LogP contribution in [0.5, 0.6) is 0 Å². The van der Waals surface area contributed by atoms with Crippen molar-refractivity contribution in [1.29, 1.82) is 0 Å². The van der Waals surface area contributed by atoms with Crippen molar-refractivity contribution >= 4 is 11.9 Å². The zero-order valence-electron chi connectivity index (χ0n) is 9.93. The Morgan fingerprint density at radius 1 is 0.950 bits per heavy atom. The highest BCUT2D eigenvalue weighted by molar-refractivity contribution is 5.73. The van der Waals surface area contributed by atoms with Gasteiger partial charge >= 0.3 is 11.9 Å². The standard InChI is InChI=1S/2C3H7N3O4/c2*4-2(3(7)8)1-6(10)5-9/h2*2,9H,1,4H2,(H,7,8). The summed E-state index contributed by atoms with van der Waals surface area (Å²) < 4.78 is 0. The molecule has 0 heterocycles. The predicted octanol–water partition coefficient (Wildman–Crippen LogP) is -2.50. The molecular formula is C6H14N6O8. The van der Waals surface area contributed by atoms with Gasteiger partial charge in [0.2, 0.25) is 13.1 Å². The monoisotopic (exact) mass is 298 g/mol. The van der Waals surface area contributed by atoms with E-state index in [-0.39, 0.29) is 9.72 Å². The van der Waals surface area contributed by atoms with Crippen molar-refractivity contribution in [3.8, 4) is 0 Å². The summed E-state index contributed by atoms with van der Waals surface area (Å²) in [6, 6.07) is -2.65. The van der Waals surface area contributed by atoms with Crippen LogP contribution in [-0.2, 0) is 9.59 Å². The Hall–Kier alpha value is -2.74. The summed E-state index contributed by atoms with van der Waals surface area (Å²) in [6.07, 6.45) is 0. The fourth-order valence-corrected chi connectivity index (χ4v) is 0.566. The summed E-state index contributed by atoms with van der Waals surface area (Å²) in [5.74, 6) is -2.63. The molecule has 0 saturated carbocycles. The maximum atomic E-state index is 10.1. The Kier molecular flexibility index (Phi) is 10.0. The zero-order chi connectivity index (χ0) is 16.3. The molecule has 2 atom stereocenters. The first-order valence-corrected chi connectivity index (χ1v) is 4.71. The number of hydroxylamine groups is 2. The first-order chi connectivity index (χ1) is 9.15. The van der Waals surface area contributed by atoms with Crippen LogP contribution in [0.2, 0.25) is 0 Å². The summed E-state index contributed by atoms with van der Waals surface area (Å²) in [6.45, 7) is -1.13. The minimum atomic E-state index is -1.33. The first kappa shape index (κ1) is 19.6. The van der Waals surface area contributed by atoms with Crippen molar-refractivity contribution in [3.05, 3.63) is 10.4 Å². The average Bonchev–Trinajstić information content (AvgIpc) is 2.38. The lowest BCUT2D eigenvalue weighted by atomic mass is 10.3. The largest absolute Gasteiger partial charge is 0.597 e. The lowest BCUT2D eigenvalue weighted by Crippen LogP contribution is -2.37. The second kappa shape index (κ2) is 10.2. The molecule has 8 N–H and O–H groups in total. The summed E-state index contributed by atoms with van der Waals surface area (Å²) in [5.41, 5.74) is 9.76. The highest BCUT2D eigenvalue weighted by Crippen LogP contribution is 1.81. The van der Waals surface area contributed by atoms with E-state index in [0.29, 0.717) is 0 Å². The zero-order valence-corrected chi connectivity index (χ0v) is 9.93. The number of carbonyl (C=O) groups is 2. The molecule has 2 unspecified atom stereocenters. The summed E-state index contributed by atoms with van der Waals surface area (Å²) in [5, 5.41) is 56.2. The SMILES string of the molecule is NC(C[N+]([O-])=NO)C(=O)O.NC(C[N+]([O-])=NO)C(=O)O. The third-order valence-corrected chi connectivity index (χ3v) is 1.54. The number of carboxylic acid groups (broad SMARTS) is 2. The van der Waals surface area contributed by atoms with Gasteiger partial charge in [0.1, 0.15) is 0 Å². The van der Waals surface area contributed by atoms with E-state index < -0.39 is 37.1 Å². The molecule has 116 valence electrons. The van der Waals surface area contributed by atoms with E-state index >= 15 is 0 Å². The van der Waals surface area contributed by atoms with Crippen LogP contribution < -0.4 is 11.5 Å². The van der Waals surface area contributed by atoms with E-state index in [1.807, 2.05) is 0 Å². The van der Waals surface area contributed by atoms with Crippen LogP contribution in [-0.4, -0.2) is 67.5 Å². The topological polar surface area (TPSA) is 244 Å². The second-order valence-corrected chi connectivity index (χ2v) is 3.14. The van der Waals surface area contributed by atoms with E-state index in [4.69, 9.17) is 32.1 Å². The molecule has 0 aromatic rings. The number of nitrogens with two attached hydrogens (primary N) is 2. The van der Waals surface area contributed by atoms with E-state index in [2.05, 4.69) is 10.6 Å². The van der Waals surface area contributed by atoms with Gasteiger partial charge in [-0.3, -0.25) is 9.59 Å². The molecule has 14 nitrogen and oxygen atoms in total. The molecule has 0 amide bonds. The van der Waals surface area contributed by atoms with E-state index in [1.165, 1.54) is 0 Å². The molecule has 0 saturated heterocycles. The summed E-state index contributed by atoms with van der Waals surface area (Å²) in [7, 11) is 0. The second-order valence-electron chi connectivity index (χ2n) is 3.14. The highest BCUT2D eigenvalue weighted by atomic mass is 16.6. The maximum absolute atomic E-state index is 10.1. The molecular weight excluding hydrogens is 284 g/mol. The fourth-order valence-electron chi connectivity index (χ4n) is 0.566. The van der Waals surface area contributed by atoms with Gasteiger partial charge in [-0.2, -0.15) is 0 Å². The Bertz CT molecular complexity index is 348. The number of carboxylic acids is 2. The van der Waals surface area contributed by atoms with Crippen molar-refractivity contribution < 1.29 is 39.9 Å². The van der Waals surface area contributed by atoms with Crippen molar-refractivity contribution in [1.82, 2.24) is 0 Å². The smallest absolute Gasteiger partial charge is 0.327 e. The van der Waals surface area contributed by atoms with E-state index in [0.717, 1.165) is 0 Å². The van der Waals surface area contributed by atoms with Crippen LogP contribution in [0.25, 0.3) is 0 Å². The minimum absolute atomic E-state index is 0.210. The minimum Gasteiger partial charge on any atom is -0.597 e. The van der Waals surface area contributed by atoms with Gasteiger partial charge in [0, 0.05) is 0 Å². The van der Waals surface area contributed by atoms with Crippen LogP contribution >= 0.6 is 0 Å². The van der Waals surface area contributed by atoms with Crippen LogP contribution in [0, 0.1) is 10.4 Å². The number of hydrogen-bond donors (Lipinski definition) is 6. The van der Waals surface area contributed by atoms with Gasteiger partial charge in [-0.25, -0.2) is 0 Å². The van der Waals surface area contributed by atoms with Gasteiger partial charge in [-0.05, 0) is 0 Å². The molecule has 0 bridgehead atoms. The Labute approximate surface area is 110 Å². The number of hydrogen-bond acceptors (Lipinski definition) is 8. The number of nitrogens with zero attached hydrogens (tertiary/aromatic N) is 4. The summed E-state index contributed by atoms with van der Waals surface area (Å²) >= 11 is 0. The molecule has 0 aromatic heterocycles. The lowest BCUT2D eigenvalue weighted by Gasteiger charge is -2.01. The molecule has 0 aromatic carbocycles. The van der Waals surface area contributed by atoms with Gasteiger partial charge < -0.3 is 42.5 Å². The molecule has 0 rings (SSSR count). The van der Waals surface area contributed by atoms with Crippen LogP contribution in [0.1, 0.15) is 0 Å². The predicted molar refractivity (Wildman–Crippen MR) is 56.6 cm³/mol. The maximum Gasteiger partial charge on any atom is 0.327 e. The van der Waals surface area contributed by atoms with Crippen molar-refractivity contribution in [2.45, 2.75) is 12.1 Å². The van der Waals surface area contributed by atoms with Crippen LogP contribution in [0.3, 0.4) is 0 Å². The van der Waals surface area contributed by atoms with Gasteiger partial charge in [0.05, 0.1) is 0 Å². The lowest BCUT2D eigenvalue weighted by molar-refractivity contribution is -0.556. The Morgan fingerprint density at radius 3 is 1.35 bits per heavy atom. The normalized spacial score (nSPS) is 14.7. The number of aliphatic carboxylic acids is 2. The third-order valence-electron chi connectivity index (χ3n) is 1.54. The molecule has 0 radical (unpaired) electrons. The molecule has 0 aliphatic heterocycles. The molecule has 14 heteroatoms.